The molecule has 0 spiro atoms. The van der Waals surface area contributed by atoms with Crippen molar-refractivity contribution in [3.63, 3.8) is 0 Å². The number of allylic oxidation sites excluding steroid dienone is 2. The molecule has 0 bridgehead atoms. The molecule has 6 nitrogen and oxygen atoms in total. The molecule has 1 atom stereocenters. The molecule has 0 aliphatic heterocycles. The van der Waals surface area contributed by atoms with Gasteiger partial charge in [0, 0.05) is 23.1 Å². The van der Waals surface area contributed by atoms with Gasteiger partial charge in [0.05, 0.1) is 24.0 Å². The maximum Gasteiger partial charge on any atom is 0.376 e. The first kappa shape index (κ1) is 28.7. The zero-order valence-electron chi connectivity index (χ0n) is 20.5. The van der Waals surface area contributed by atoms with Crippen molar-refractivity contribution >= 4 is 62.8 Å². The van der Waals surface area contributed by atoms with Gasteiger partial charge in [0.2, 0.25) is 0 Å². The number of hydrogen-bond acceptors (Lipinski definition) is 5. The second-order valence-corrected chi connectivity index (χ2v) is 9.70. The molecule has 0 radical (unpaired) electrons. The molecule has 0 saturated heterocycles. The van der Waals surface area contributed by atoms with Crippen LogP contribution in [0, 0.1) is 0 Å². The number of aliphatic hydroxyl groups is 1. The van der Waals surface area contributed by atoms with Crippen molar-refractivity contribution in [2.75, 3.05) is 24.8 Å². The molecular weight excluding hydrogens is 533 g/mol. The van der Waals surface area contributed by atoms with E-state index in [0.29, 0.717) is 40.4 Å². The van der Waals surface area contributed by atoms with E-state index in [0.717, 1.165) is 23.1 Å². The zero-order valence-corrected chi connectivity index (χ0v) is 22.8. The quantitative estimate of drug-likeness (QED) is 0.0676. The number of thioether (sulfide) groups is 1. The fourth-order valence-corrected chi connectivity index (χ4v) is 4.59. The highest BCUT2D eigenvalue weighted by molar-refractivity contribution is 7.98. The predicted octanol–water partition coefficient (Wildman–Crippen LogP) is 5.48. The summed E-state index contributed by atoms with van der Waals surface area (Å²) in [7, 11) is 0. The maximum atomic E-state index is 12.4. The molecule has 3 aromatic rings. The first-order chi connectivity index (χ1) is 18.0. The third-order valence-corrected chi connectivity index (χ3v) is 6.75. The van der Waals surface area contributed by atoms with E-state index in [4.69, 9.17) is 37.1 Å². The van der Waals surface area contributed by atoms with Crippen LogP contribution in [-0.2, 0) is 15.3 Å². The summed E-state index contributed by atoms with van der Waals surface area (Å²) in [4.78, 5) is 15.2. The lowest BCUT2D eigenvalue weighted by molar-refractivity contribution is -0.491. The molecule has 0 fully saturated rings. The van der Waals surface area contributed by atoms with Gasteiger partial charge in [-0.2, -0.15) is 4.99 Å². The third kappa shape index (κ3) is 9.18. The summed E-state index contributed by atoms with van der Waals surface area (Å²) >= 11 is 13.7. The number of hydrogen-bond donors (Lipinski definition) is 2. The van der Waals surface area contributed by atoms with E-state index in [9.17, 15) is 9.90 Å². The molecule has 37 heavy (non-hydrogen) atoms. The van der Waals surface area contributed by atoms with Crippen LogP contribution >= 0.6 is 35.0 Å². The number of benzene rings is 2. The summed E-state index contributed by atoms with van der Waals surface area (Å²) in [5.41, 5.74) is 1.76. The lowest BCUT2D eigenvalue weighted by atomic mass is 10.2. The largest absolute Gasteiger partial charge is 0.490 e. The highest BCUT2D eigenvalue weighted by Crippen LogP contribution is 2.32. The van der Waals surface area contributed by atoms with Crippen LogP contribution in [0.1, 0.15) is 24.7 Å². The Hall–Kier alpha value is -2.87. The summed E-state index contributed by atoms with van der Waals surface area (Å²) in [6.07, 6.45) is 5.30. The van der Waals surface area contributed by atoms with E-state index in [1.165, 1.54) is 6.08 Å². The molecule has 1 unspecified atom stereocenters. The first-order valence-corrected chi connectivity index (χ1v) is 13.9. The number of carbonyl (C=O) groups is 1. The minimum atomic E-state index is -0.703. The smallest absolute Gasteiger partial charge is 0.376 e. The minimum Gasteiger partial charge on any atom is -0.490 e. The number of nitrogens with one attached hydrogen (secondary N) is 1. The number of halogens is 2. The summed E-state index contributed by atoms with van der Waals surface area (Å²) < 4.78 is 16.8. The summed E-state index contributed by atoms with van der Waals surface area (Å²) in [6, 6.07) is 16.7. The number of ether oxygens (including phenoxy) is 2. The Morgan fingerprint density at radius 1 is 1.22 bits per heavy atom. The predicted molar refractivity (Wildman–Crippen MR) is 152 cm³/mol. The standard InChI is InChI=1S/C28H29Cl2NO5S/c1-2-34-28(33)23(19-37-18-20-9-4-3-5-10-20)31-26(32)14-7-12-22(30)25-17-21-11-6-13-24(27(21)36-25)35-16-8-15-29/h3-7,9-14,17,23H,2,8,15-16,18-19H2,1H3,(H,31,32)/p+1/b14-7+,22-12-. The Bertz CT molecular complexity index is 1240. The Labute approximate surface area is 231 Å². The fraction of sp³-hybridized carbons (Fsp3) is 0.286. The average Bonchev–Trinajstić information content (AvgIpc) is 3.34. The van der Waals surface area contributed by atoms with E-state index in [1.807, 2.05) is 54.6 Å². The van der Waals surface area contributed by atoms with E-state index in [2.05, 4.69) is 4.99 Å². The van der Waals surface area contributed by atoms with E-state index in [1.54, 1.807) is 30.8 Å². The SMILES string of the molecule is CCOC(=O)C(CSCc1ccccc1)[NH+]=C(O)/C=C/C=C(\Cl)c1cc2cccc(OCCCCl)c2o1. The van der Waals surface area contributed by atoms with Crippen molar-refractivity contribution < 1.29 is 28.8 Å². The van der Waals surface area contributed by atoms with E-state index in [-0.39, 0.29) is 12.5 Å². The molecule has 9 heteroatoms. The highest BCUT2D eigenvalue weighted by atomic mass is 35.5. The van der Waals surface area contributed by atoms with Crippen molar-refractivity contribution in [3.05, 3.63) is 84.1 Å². The van der Waals surface area contributed by atoms with Gasteiger partial charge in [-0.05, 0) is 37.1 Å². The topological polar surface area (TPSA) is 82.9 Å². The minimum absolute atomic E-state index is 0.182. The van der Waals surface area contributed by atoms with E-state index >= 15 is 0 Å². The average molecular weight is 564 g/mol. The number of aliphatic hydroxyl groups excluding tert-OH is 1. The first-order valence-electron chi connectivity index (χ1n) is 11.9. The molecule has 0 aliphatic carbocycles. The molecule has 196 valence electrons. The zero-order chi connectivity index (χ0) is 26.5. The van der Waals surface area contributed by atoms with Gasteiger partial charge >= 0.3 is 11.9 Å². The summed E-state index contributed by atoms with van der Waals surface area (Å²) in [5, 5.41) is 11.6. The molecule has 3 rings (SSSR count). The van der Waals surface area contributed by atoms with Crippen molar-refractivity contribution in [2.24, 2.45) is 0 Å². The molecule has 1 aromatic heterocycles. The number of alkyl halides is 1. The van der Waals surface area contributed by atoms with Gasteiger partial charge in [-0.1, -0.05) is 60.1 Å². The van der Waals surface area contributed by atoms with Crippen LogP contribution < -0.4 is 9.73 Å². The van der Waals surface area contributed by atoms with Crippen LogP contribution in [0.4, 0.5) is 0 Å². The maximum absolute atomic E-state index is 12.4. The Morgan fingerprint density at radius 3 is 2.78 bits per heavy atom. The van der Waals surface area contributed by atoms with Crippen molar-refractivity contribution in [1.29, 1.82) is 0 Å². The fourth-order valence-electron chi connectivity index (χ4n) is 3.32. The van der Waals surface area contributed by atoms with Gasteiger partial charge in [-0.25, -0.2) is 4.79 Å². The lowest BCUT2D eigenvalue weighted by Gasteiger charge is -2.07. The van der Waals surface area contributed by atoms with Crippen molar-refractivity contribution in [3.8, 4) is 5.75 Å². The Morgan fingerprint density at radius 2 is 2.03 bits per heavy atom. The lowest BCUT2D eigenvalue weighted by Crippen LogP contribution is -2.83. The summed E-state index contributed by atoms with van der Waals surface area (Å²) in [5.74, 6) is 2.16. The normalized spacial score (nSPS) is 13.3. The van der Waals surface area contributed by atoms with Crippen LogP contribution in [-0.4, -0.2) is 47.9 Å². The van der Waals surface area contributed by atoms with Crippen LogP contribution in [0.25, 0.3) is 16.0 Å². The van der Waals surface area contributed by atoms with Gasteiger partial charge in [-0.3, -0.25) is 0 Å². The van der Waals surface area contributed by atoms with Crippen molar-refractivity contribution in [1.82, 2.24) is 0 Å². The number of rotatable bonds is 14. The monoisotopic (exact) mass is 562 g/mol. The second kappa shape index (κ2) is 15.4. The molecule has 0 aliphatic rings. The molecule has 2 aromatic carbocycles. The number of esters is 1. The molecule has 0 saturated carbocycles. The number of furan rings is 1. The molecule has 0 amide bonds. The number of carbonyl (C=O) groups excluding carboxylic acids is 1. The van der Waals surface area contributed by atoms with Crippen LogP contribution in [0.3, 0.4) is 0 Å². The Kier molecular flexibility index (Phi) is 11.9. The van der Waals surface area contributed by atoms with Crippen LogP contribution in [0.15, 0.2) is 77.2 Å². The highest BCUT2D eigenvalue weighted by Gasteiger charge is 2.25. The molecule has 2 N–H and O–H groups in total. The third-order valence-electron chi connectivity index (χ3n) is 5.06. The molecular formula is C28H30Cl2NO5S+. The van der Waals surface area contributed by atoms with Crippen LogP contribution in [0.2, 0.25) is 0 Å². The van der Waals surface area contributed by atoms with Gasteiger partial charge in [0.25, 0.3) is 6.04 Å². The number of fused-ring (bicyclic) bond motifs is 1. The summed E-state index contributed by atoms with van der Waals surface area (Å²) in [6.45, 7) is 2.49. The Balaban J connectivity index is 1.66. The van der Waals surface area contributed by atoms with Gasteiger partial charge in [0.1, 0.15) is 5.76 Å². The van der Waals surface area contributed by atoms with E-state index < -0.39 is 12.0 Å². The molecule has 1 heterocycles. The van der Waals surface area contributed by atoms with Gasteiger partial charge < -0.3 is 19.0 Å². The number of para-hydroxylation sites is 1. The van der Waals surface area contributed by atoms with Gasteiger partial charge in [0.15, 0.2) is 11.3 Å². The van der Waals surface area contributed by atoms with Gasteiger partial charge in [-0.15, -0.1) is 23.4 Å². The van der Waals surface area contributed by atoms with Crippen LogP contribution in [0.5, 0.6) is 5.75 Å². The second-order valence-electron chi connectivity index (χ2n) is 7.88. The van der Waals surface area contributed by atoms with Crippen molar-refractivity contribution in [2.45, 2.75) is 25.1 Å².